The van der Waals surface area contributed by atoms with Gasteiger partial charge in [-0.05, 0) is 48.0 Å². The molecule has 5 nitrogen and oxygen atoms in total. The molecular formula is C13H11Br2N5. The highest BCUT2D eigenvalue weighted by Crippen LogP contribution is 2.34. The van der Waals surface area contributed by atoms with Crippen molar-refractivity contribution in [2.24, 2.45) is 0 Å². The van der Waals surface area contributed by atoms with Gasteiger partial charge < -0.3 is 5.73 Å². The minimum absolute atomic E-state index is 0.577. The van der Waals surface area contributed by atoms with Gasteiger partial charge in [0.2, 0.25) is 0 Å². The smallest absolute Gasteiger partial charge is 0.255 e. The number of halogens is 2. The standard InChI is InChI=1S/C13H11Br2N5/c1-6-3-7(2)20-12(18-19-13(20)17-6)9-4-8(14)5-10(15)11(9)16/h3-5H,16H2,1-2H3. The van der Waals surface area contributed by atoms with E-state index in [4.69, 9.17) is 5.73 Å². The number of fused-ring (bicyclic) bond motifs is 1. The summed E-state index contributed by atoms with van der Waals surface area (Å²) in [6, 6.07) is 5.82. The highest BCUT2D eigenvalue weighted by molar-refractivity contribution is 9.11. The minimum Gasteiger partial charge on any atom is -0.397 e. The number of nitrogens with two attached hydrogens (primary N) is 1. The van der Waals surface area contributed by atoms with Gasteiger partial charge in [0.1, 0.15) is 0 Å². The van der Waals surface area contributed by atoms with E-state index in [0.717, 1.165) is 25.9 Å². The first-order chi connectivity index (χ1) is 9.47. The third-order valence-electron chi connectivity index (χ3n) is 3.03. The summed E-state index contributed by atoms with van der Waals surface area (Å²) in [5, 5.41) is 8.37. The van der Waals surface area contributed by atoms with Crippen molar-refractivity contribution in [3.05, 3.63) is 38.5 Å². The van der Waals surface area contributed by atoms with Gasteiger partial charge >= 0.3 is 0 Å². The number of nitrogens with zero attached hydrogens (tertiary/aromatic N) is 4. The number of anilines is 1. The molecule has 0 fully saturated rings. The fourth-order valence-corrected chi connectivity index (χ4v) is 3.40. The van der Waals surface area contributed by atoms with Crippen LogP contribution in [-0.2, 0) is 0 Å². The average Bonchev–Trinajstić information content (AvgIpc) is 2.77. The van der Waals surface area contributed by atoms with E-state index >= 15 is 0 Å². The zero-order valence-electron chi connectivity index (χ0n) is 10.9. The average molecular weight is 397 g/mol. The van der Waals surface area contributed by atoms with Crippen LogP contribution < -0.4 is 5.73 Å². The van der Waals surface area contributed by atoms with E-state index in [-0.39, 0.29) is 0 Å². The zero-order chi connectivity index (χ0) is 14.4. The van der Waals surface area contributed by atoms with E-state index in [1.165, 1.54) is 0 Å². The van der Waals surface area contributed by atoms with Crippen molar-refractivity contribution in [2.45, 2.75) is 13.8 Å². The Morgan fingerprint density at radius 3 is 2.60 bits per heavy atom. The van der Waals surface area contributed by atoms with Crippen molar-refractivity contribution >= 4 is 43.3 Å². The van der Waals surface area contributed by atoms with Gasteiger partial charge in [0.25, 0.3) is 5.78 Å². The summed E-state index contributed by atoms with van der Waals surface area (Å²) < 4.78 is 3.64. The molecule has 3 aromatic rings. The molecular weight excluding hydrogens is 386 g/mol. The predicted octanol–water partition coefficient (Wildman–Crippen LogP) is 3.52. The van der Waals surface area contributed by atoms with E-state index in [2.05, 4.69) is 47.0 Å². The zero-order valence-corrected chi connectivity index (χ0v) is 14.0. The molecule has 1 aromatic carbocycles. The van der Waals surface area contributed by atoms with E-state index < -0.39 is 0 Å². The molecule has 0 spiro atoms. The SMILES string of the molecule is Cc1cc(C)n2c(-c3cc(Br)cc(Br)c3N)nnc2n1. The number of hydrogen-bond donors (Lipinski definition) is 1. The van der Waals surface area contributed by atoms with Crippen molar-refractivity contribution in [3.63, 3.8) is 0 Å². The molecule has 0 aliphatic rings. The maximum Gasteiger partial charge on any atom is 0.255 e. The first kappa shape index (κ1) is 13.5. The first-order valence-corrected chi connectivity index (χ1v) is 7.50. The third kappa shape index (κ3) is 2.10. The van der Waals surface area contributed by atoms with Crippen molar-refractivity contribution in [1.29, 1.82) is 0 Å². The number of aromatic nitrogens is 4. The molecule has 0 bridgehead atoms. The molecule has 102 valence electrons. The molecule has 0 saturated heterocycles. The van der Waals surface area contributed by atoms with Crippen LogP contribution in [0, 0.1) is 13.8 Å². The molecule has 3 rings (SSSR count). The Hall–Kier alpha value is -1.47. The van der Waals surface area contributed by atoms with Gasteiger partial charge in [0.05, 0.1) is 5.69 Å². The van der Waals surface area contributed by atoms with Crippen LogP contribution in [0.3, 0.4) is 0 Å². The summed E-state index contributed by atoms with van der Waals surface area (Å²) in [5.41, 5.74) is 9.52. The molecule has 0 radical (unpaired) electrons. The van der Waals surface area contributed by atoms with Crippen LogP contribution >= 0.6 is 31.9 Å². The Morgan fingerprint density at radius 2 is 1.85 bits per heavy atom. The van der Waals surface area contributed by atoms with Gasteiger partial charge in [-0.25, -0.2) is 4.98 Å². The van der Waals surface area contributed by atoms with Gasteiger partial charge in [0.15, 0.2) is 5.82 Å². The Labute approximate surface area is 132 Å². The van der Waals surface area contributed by atoms with Crippen molar-refractivity contribution in [2.75, 3.05) is 5.73 Å². The fourth-order valence-electron chi connectivity index (χ4n) is 2.17. The number of aryl methyl sites for hydroxylation is 2. The van der Waals surface area contributed by atoms with Gasteiger partial charge in [0, 0.05) is 25.9 Å². The van der Waals surface area contributed by atoms with Gasteiger partial charge in [-0.1, -0.05) is 15.9 Å². The lowest BCUT2D eigenvalue weighted by molar-refractivity contribution is 1.02. The predicted molar refractivity (Wildman–Crippen MR) is 85.5 cm³/mol. The van der Waals surface area contributed by atoms with E-state index in [1.54, 1.807) is 0 Å². The molecule has 2 aromatic heterocycles. The van der Waals surface area contributed by atoms with Crippen LogP contribution in [0.5, 0.6) is 0 Å². The molecule has 0 aliphatic carbocycles. The van der Waals surface area contributed by atoms with Crippen molar-refractivity contribution in [3.8, 4) is 11.4 Å². The second-order valence-corrected chi connectivity index (χ2v) is 6.32. The van der Waals surface area contributed by atoms with Crippen LogP contribution in [0.2, 0.25) is 0 Å². The van der Waals surface area contributed by atoms with Crippen molar-refractivity contribution < 1.29 is 0 Å². The number of hydrogen-bond acceptors (Lipinski definition) is 4. The Balaban J connectivity index is 2.36. The fraction of sp³-hybridized carbons (Fsp3) is 0.154. The van der Waals surface area contributed by atoms with Gasteiger partial charge in [-0.2, -0.15) is 0 Å². The molecule has 2 N–H and O–H groups in total. The highest BCUT2D eigenvalue weighted by Gasteiger charge is 2.16. The lowest BCUT2D eigenvalue weighted by Crippen LogP contribution is -2.00. The summed E-state index contributed by atoms with van der Waals surface area (Å²) in [6.07, 6.45) is 0. The quantitative estimate of drug-likeness (QED) is 0.639. The number of benzene rings is 1. The lowest BCUT2D eigenvalue weighted by Gasteiger charge is -2.09. The summed E-state index contributed by atoms with van der Waals surface area (Å²) in [6.45, 7) is 3.93. The third-order valence-corrected chi connectivity index (χ3v) is 4.14. The minimum atomic E-state index is 0.577. The topological polar surface area (TPSA) is 69.1 Å². The molecule has 0 saturated carbocycles. The van der Waals surface area contributed by atoms with E-state index in [1.807, 2.05) is 36.4 Å². The van der Waals surface area contributed by atoms with Gasteiger partial charge in [-0.3, -0.25) is 4.40 Å². The molecule has 7 heteroatoms. The number of nitrogen functional groups attached to an aromatic ring is 1. The summed E-state index contributed by atoms with van der Waals surface area (Å²) >= 11 is 6.92. The summed E-state index contributed by atoms with van der Waals surface area (Å²) in [4.78, 5) is 4.38. The Morgan fingerprint density at radius 1 is 1.10 bits per heavy atom. The van der Waals surface area contributed by atoms with Crippen LogP contribution in [0.1, 0.15) is 11.4 Å². The molecule has 2 heterocycles. The number of rotatable bonds is 1. The second-order valence-electron chi connectivity index (χ2n) is 4.55. The summed E-state index contributed by atoms with van der Waals surface area (Å²) in [5.74, 6) is 1.26. The molecule has 0 aliphatic heterocycles. The van der Waals surface area contributed by atoms with Crippen LogP contribution in [-0.4, -0.2) is 19.6 Å². The second kappa shape index (κ2) is 4.82. The maximum absolute atomic E-state index is 6.14. The Bertz CT molecular complexity index is 825. The molecule has 0 unspecified atom stereocenters. The lowest BCUT2D eigenvalue weighted by atomic mass is 10.1. The van der Waals surface area contributed by atoms with Gasteiger partial charge in [-0.15, -0.1) is 10.2 Å². The maximum atomic E-state index is 6.14. The van der Waals surface area contributed by atoms with E-state index in [9.17, 15) is 0 Å². The normalized spacial score (nSPS) is 11.2. The largest absolute Gasteiger partial charge is 0.397 e. The highest BCUT2D eigenvalue weighted by atomic mass is 79.9. The van der Waals surface area contributed by atoms with Crippen LogP contribution in [0.4, 0.5) is 5.69 Å². The monoisotopic (exact) mass is 395 g/mol. The van der Waals surface area contributed by atoms with Crippen LogP contribution in [0.25, 0.3) is 17.2 Å². The molecule has 0 amide bonds. The first-order valence-electron chi connectivity index (χ1n) is 5.91. The van der Waals surface area contributed by atoms with Crippen molar-refractivity contribution in [1.82, 2.24) is 19.6 Å². The summed E-state index contributed by atoms with van der Waals surface area (Å²) in [7, 11) is 0. The molecule has 20 heavy (non-hydrogen) atoms. The van der Waals surface area contributed by atoms with E-state index in [0.29, 0.717) is 17.3 Å². The van der Waals surface area contributed by atoms with Crippen LogP contribution in [0.15, 0.2) is 27.1 Å². The molecule has 0 atom stereocenters. The Kier molecular flexibility index (Phi) is 3.25.